The molecule has 5 rings (SSSR count). The zero-order valence-corrected chi connectivity index (χ0v) is 16.6. The summed E-state index contributed by atoms with van der Waals surface area (Å²) in [5, 5.41) is 11.4. The van der Waals surface area contributed by atoms with Gasteiger partial charge in [-0.25, -0.2) is 4.98 Å². The second-order valence-electron chi connectivity index (χ2n) is 7.42. The van der Waals surface area contributed by atoms with Crippen LogP contribution in [-0.2, 0) is 0 Å². The van der Waals surface area contributed by atoms with Crippen LogP contribution in [0.25, 0.3) is 33.2 Å². The Bertz CT molecular complexity index is 1370. The third-order valence-electron chi connectivity index (χ3n) is 5.22. The highest BCUT2D eigenvalue weighted by Crippen LogP contribution is 2.29. The Morgan fingerprint density at radius 2 is 1.90 bits per heavy atom. The number of nitrogens with zero attached hydrogens (tertiary/aromatic N) is 3. The predicted octanol–water partition coefficient (Wildman–Crippen LogP) is 4.30. The van der Waals surface area contributed by atoms with E-state index in [1.165, 1.54) is 0 Å². The van der Waals surface area contributed by atoms with Gasteiger partial charge < -0.3 is 10.3 Å². The van der Waals surface area contributed by atoms with Crippen LogP contribution in [0.2, 0.25) is 0 Å². The number of amides is 1. The Kier molecular flexibility index (Phi) is 4.28. The summed E-state index contributed by atoms with van der Waals surface area (Å²) in [7, 11) is 0. The first kappa shape index (κ1) is 18.1. The number of aromatic amines is 2. The van der Waals surface area contributed by atoms with Gasteiger partial charge in [0.05, 0.1) is 22.6 Å². The number of nitrogens with one attached hydrogen (secondary N) is 3. The summed E-state index contributed by atoms with van der Waals surface area (Å²) < 4.78 is 0. The van der Waals surface area contributed by atoms with Crippen molar-refractivity contribution in [3.63, 3.8) is 0 Å². The summed E-state index contributed by atoms with van der Waals surface area (Å²) in [6.07, 6.45) is 3.47. The number of hydrogen-bond donors (Lipinski definition) is 3. The van der Waals surface area contributed by atoms with Crippen LogP contribution in [-0.4, -0.2) is 31.1 Å². The van der Waals surface area contributed by atoms with Gasteiger partial charge in [0.15, 0.2) is 5.82 Å². The maximum absolute atomic E-state index is 12.8. The zero-order valence-electron chi connectivity index (χ0n) is 16.6. The second-order valence-corrected chi connectivity index (χ2v) is 7.42. The number of carbonyl (C=O) groups is 1. The Hall–Kier alpha value is -4.00. The second kappa shape index (κ2) is 7.11. The van der Waals surface area contributed by atoms with Crippen LogP contribution in [0.15, 0.2) is 60.9 Å². The van der Waals surface area contributed by atoms with Crippen LogP contribution in [0.5, 0.6) is 0 Å². The molecular weight excluding hydrogens is 376 g/mol. The van der Waals surface area contributed by atoms with Crippen molar-refractivity contribution in [3.8, 4) is 11.3 Å². The van der Waals surface area contributed by atoms with E-state index in [0.717, 1.165) is 38.8 Å². The van der Waals surface area contributed by atoms with Gasteiger partial charge in [-0.05, 0) is 43.7 Å². The van der Waals surface area contributed by atoms with Gasteiger partial charge in [-0.15, -0.1) is 0 Å². The fourth-order valence-corrected chi connectivity index (χ4v) is 3.65. The maximum atomic E-state index is 12.8. The van der Waals surface area contributed by atoms with Gasteiger partial charge in [0.25, 0.3) is 5.91 Å². The van der Waals surface area contributed by atoms with Gasteiger partial charge in [-0.1, -0.05) is 29.8 Å². The van der Waals surface area contributed by atoms with Gasteiger partial charge in [-0.2, -0.15) is 5.10 Å². The minimum Gasteiger partial charge on any atom is -0.343 e. The largest absolute Gasteiger partial charge is 0.343 e. The summed E-state index contributed by atoms with van der Waals surface area (Å²) in [6, 6.07) is 15.7. The van der Waals surface area contributed by atoms with Gasteiger partial charge in [-0.3, -0.25) is 14.9 Å². The van der Waals surface area contributed by atoms with E-state index in [4.69, 9.17) is 0 Å². The van der Waals surface area contributed by atoms with E-state index in [1.54, 1.807) is 12.4 Å². The van der Waals surface area contributed by atoms with Crippen molar-refractivity contribution in [2.45, 2.75) is 19.9 Å². The lowest BCUT2D eigenvalue weighted by atomic mass is 10.1. The quantitative estimate of drug-likeness (QED) is 0.422. The number of imidazole rings is 1. The zero-order chi connectivity index (χ0) is 20.7. The standard InChI is InChI=1S/C23H20N6O/c1-13-4-3-5-16(10-13)14(2)25-23(30)22-26-19-11-17-18(12-20(19)27-22)28-29-21(17)15-6-8-24-9-7-15/h3-12,14H,1-2H3,(H,25,30)(H,26,27)(H,28,29). The van der Waals surface area contributed by atoms with Gasteiger partial charge >= 0.3 is 0 Å². The first-order valence-electron chi connectivity index (χ1n) is 9.74. The summed E-state index contributed by atoms with van der Waals surface area (Å²) in [6.45, 7) is 4.00. The molecule has 1 atom stereocenters. The van der Waals surface area contributed by atoms with Crippen LogP contribution in [0.4, 0.5) is 0 Å². The van der Waals surface area contributed by atoms with E-state index >= 15 is 0 Å². The van der Waals surface area contributed by atoms with E-state index in [9.17, 15) is 4.79 Å². The third kappa shape index (κ3) is 3.20. The summed E-state index contributed by atoms with van der Waals surface area (Å²) in [4.78, 5) is 24.5. The van der Waals surface area contributed by atoms with Crippen molar-refractivity contribution in [1.29, 1.82) is 0 Å². The van der Waals surface area contributed by atoms with Crippen molar-refractivity contribution in [1.82, 2.24) is 30.5 Å². The Balaban J connectivity index is 1.46. The molecule has 3 aromatic heterocycles. The molecule has 0 aliphatic heterocycles. The van der Waals surface area contributed by atoms with Crippen LogP contribution >= 0.6 is 0 Å². The van der Waals surface area contributed by atoms with Crippen molar-refractivity contribution in [2.24, 2.45) is 0 Å². The summed E-state index contributed by atoms with van der Waals surface area (Å²) >= 11 is 0. The van der Waals surface area contributed by atoms with Crippen LogP contribution in [0.1, 0.15) is 34.7 Å². The number of pyridine rings is 1. The first-order chi connectivity index (χ1) is 14.6. The molecule has 148 valence electrons. The number of carbonyl (C=O) groups excluding carboxylic acids is 1. The summed E-state index contributed by atoms with van der Waals surface area (Å²) in [5.41, 5.74) is 6.38. The molecule has 0 fully saturated rings. The molecule has 3 N–H and O–H groups in total. The Morgan fingerprint density at radius 3 is 2.70 bits per heavy atom. The molecule has 30 heavy (non-hydrogen) atoms. The molecule has 7 nitrogen and oxygen atoms in total. The molecule has 0 radical (unpaired) electrons. The molecule has 0 spiro atoms. The molecule has 2 aromatic carbocycles. The monoisotopic (exact) mass is 396 g/mol. The summed E-state index contributed by atoms with van der Waals surface area (Å²) in [5.74, 6) is 0.0481. The molecule has 3 heterocycles. The van der Waals surface area contributed by atoms with Crippen LogP contribution in [0, 0.1) is 6.92 Å². The number of hydrogen-bond acceptors (Lipinski definition) is 4. The molecule has 1 unspecified atom stereocenters. The van der Waals surface area contributed by atoms with E-state index in [-0.39, 0.29) is 17.8 Å². The number of benzene rings is 2. The molecule has 0 aliphatic rings. The lowest BCUT2D eigenvalue weighted by molar-refractivity contribution is 0.0930. The average Bonchev–Trinajstić information content (AvgIpc) is 3.36. The Morgan fingerprint density at radius 1 is 1.07 bits per heavy atom. The normalized spacial score (nSPS) is 12.3. The maximum Gasteiger partial charge on any atom is 0.287 e. The number of aryl methyl sites for hydroxylation is 1. The fraction of sp³-hybridized carbons (Fsp3) is 0.130. The SMILES string of the molecule is Cc1cccc(C(C)NC(=O)c2nc3cc4c(-c5ccncc5)n[nH]c4cc3[nH]2)c1. The first-order valence-corrected chi connectivity index (χ1v) is 9.74. The van der Waals surface area contributed by atoms with Crippen molar-refractivity contribution < 1.29 is 4.79 Å². The topological polar surface area (TPSA) is 99.3 Å². The van der Waals surface area contributed by atoms with Crippen LogP contribution < -0.4 is 5.32 Å². The molecular formula is C23H20N6O. The molecule has 0 saturated heterocycles. The number of fused-ring (bicyclic) bond motifs is 2. The highest BCUT2D eigenvalue weighted by Gasteiger charge is 2.17. The minimum absolute atomic E-state index is 0.122. The highest BCUT2D eigenvalue weighted by molar-refractivity contribution is 6.02. The van der Waals surface area contributed by atoms with Gasteiger partial charge in [0, 0.05) is 23.3 Å². The smallest absolute Gasteiger partial charge is 0.287 e. The minimum atomic E-state index is -0.239. The van der Waals surface area contributed by atoms with Crippen molar-refractivity contribution >= 4 is 27.8 Å². The Labute approximate surface area is 172 Å². The molecule has 5 aromatic rings. The lowest BCUT2D eigenvalue weighted by Crippen LogP contribution is -2.27. The van der Waals surface area contributed by atoms with E-state index in [2.05, 4.69) is 36.5 Å². The van der Waals surface area contributed by atoms with Gasteiger partial charge in [0.2, 0.25) is 0 Å². The van der Waals surface area contributed by atoms with E-state index < -0.39 is 0 Å². The fourth-order valence-electron chi connectivity index (χ4n) is 3.65. The number of aromatic nitrogens is 5. The van der Waals surface area contributed by atoms with Crippen LogP contribution in [0.3, 0.4) is 0 Å². The van der Waals surface area contributed by atoms with E-state index in [1.807, 2.05) is 56.3 Å². The molecule has 7 heteroatoms. The van der Waals surface area contributed by atoms with E-state index in [0.29, 0.717) is 5.52 Å². The molecule has 0 saturated carbocycles. The molecule has 0 aliphatic carbocycles. The average molecular weight is 396 g/mol. The molecule has 0 bridgehead atoms. The molecule has 1 amide bonds. The number of H-pyrrole nitrogens is 2. The number of rotatable bonds is 4. The predicted molar refractivity (Wildman–Crippen MR) is 116 cm³/mol. The van der Waals surface area contributed by atoms with Crippen molar-refractivity contribution in [3.05, 3.63) is 77.9 Å². The van der Waals surface area contributed by atoms with Gasteiger partial charge in [0.1, 0.15) is 5.69 Å². The lowest BCUT2D eigenvalue weighted by Gasteiger charge is -2.13. The van der Waals surface area contributed by atoms with Crippen molar-refractivity contribution in [2.75, 3.05) is 0 Å². The third-order valence-corrected chi connectivity index (χ3v) is 5.22. The highest BCUT2D eigenvalue weighted by atomic mass is 16.2.